The van der Waals surface area contributed by atoms with Gasteiger partial charge >= 0.3 is 0 Å². The second-order valence-corrected chi connectivity index (χ2v) is 6.13. The normalized spacial score (nSPS) is 10.6. The first-order valence-corrected chi connectivity index (χ1v) is 8.48. The summed E-state index contributed by atoms with van der Waals surface area (Å²) in [7, 11) is 0. The molecule has 0 bridgehead atoms. The van der Waals surface area contributed by atoms with Gasteiger partial charge in [0.15, 0.2) is 0 Å². The van der Waals surface area contributed by atoms with Crippen LogP contribution in [0.25, 0.3) is 11.5 Å². The van der Waals surface area contributed by atoms with Gasteiger partial charge in [0.1, 0.15) is 6.54 Å². The van der Waals surface area contributed by atoms with Crippen molar-refractivity contribution >= 4 is 18.1 Å². The molecule has 25 heavy (non-hydrogen) atoms. The number of hydrogen-bond acceptors (Lipinski definition) is 4. The van der Waals surface area contributed by atoms with E-state index in [4.69, 9.17) is 16.6 Å². The van der Waals surface area contributed by atoms with Gasteiger partial charge in [0.2, 0.25) is 11.8 Å². The van der Waals surface area contributed by atoms with Crippen molar-refractivity contribution in [3.05, 3.63) is 70.6 Å². The number of carbonyl (C=O) groups is 1. The first-order chi connectivity index (χ1) is 12.1. The fraction of sp³-hybridized carbons (Fsp3) is 0.211. The maximum Gasteiger partial charge on any atom is 0.287 e. The fourth-order valence-electron chi connectivity index (χ4n) is 2.40. The number of aryl methyl sites for hydroxylation is 1. The molecule has 1 aromatic heterocycles. The average Bonchev–Trinajstić information content (AvgIpc) is 2.97. The Balaban J connectivity index is 1.58. The Morgan fingerprint density at radius 3 is 2.60 bits per heavy atom. The van der Waals surface area contributed by atoms with Crippen LogP contribution >= 0.6 is 12.2 Å². The predicted molar refractivity (Wildman–Crippen MR) is 98.7 cm³/mol. The molecular weight excluding hydrogens is 334 g/mol. The first kappa shape index (κ1) is 17.1. The molecule has 0 spiro atoms. The summed E-state index contributed by atoms with van der Waals surface area (Å²) in [4.78, 5) is 12.3. The second-order valence-electron chi connectivity index (χ2n) is 5.78. The van der Waals surface area contributed by atoms with Crippen LogP contribution in [0.15, 0.2) is 59.0 Å². The van der Waals surface area contributed by atoms with Gasteiger partial charge in [0, 0.05) is 12.1 Å². The summed E-state index contributed by atoms with van der Waals surface area (Å²) >= 11 is 5.16. The van der Waals surface area contributed by atoms with Crippen LogP contribution < -0.4 is 5.32 Å². The van der Waals surface area contributed by atoms with E-state index < -0.39 is 0 Å². The third kappa shape index (κ3) is 4.64. The van der Waals surface area contributed by atoms with Gasteiger partial charge in [0.05, 0.1) is 0 Å². The molecule has 128 valence electrons. The lowest BCUT2D eigenvalue weighted by molar-refractivity contribution is -0.121. The molecule has 0 unspecified atom stereocenters. The third-order valence-corrected chi connectivity index (χ3v) is 4.07. The summed E-state index contributed by atoms with van der Waals surface area (Å²) in [5, 5.41) is 7.18. The number of nitrogens with one attached hydrogen (secondary N) is 1. The van der Waals surface area contributed by atoms with Gasteiger partial charge in [-0.15, -0.1) is 5.10 Å². The average molecular weight is 353 g/mol. The highest BCUT2D eigenvalue weighted by Gasteiger charge is 2.11. The molecule has 3 rings (SSSR count). The number of benzene rings is 2. The van der Waals surface area contributed by atoms with Gasteiger partial charge < -0.3 is 9.73 Å². The minimum absolute atomic E-state index is 0.0446. The van der Waals surface area contributed by atoms with Crippen molar-refractivity contribution in [2.75, 3.05) is 6.54 Å². The molecule has 1 heterocycles. The number of aromatic nitrogens is 2. The Morgan fingerprint density at radius 2 is 1.88 bits per heavy atom. The first-order valence-electron chi connectivity index (χ1n) is 8.07. The molecule has 0 saturated carbocycles. The summed E-state index contributed by atoms with van der Waals surface area (Å²) < 4.78 is 6.91. The largest absolute Gasteiger partial charge is 0.409 e. The van der Waals surface area contributed by atoms with Gasteiger partial charge in [-0.25, -0.2) is 4.68 Å². The molecule has 0 aliphatic rings. The van der Waals surface area contributed by atoms with Crippen molar-refractivity contribution in [2.45, 2.75) is 19.9 Å². The van der Waals surface area contributed by atoms with Crippen LogP contribution in [0.4, 0.5) is 0 Å². The molecule has 1 amide bonds. The summed E-state index contributed by atoms with van der Waals surface area (Å²) in [6.07, 6.45) is 0.783. The van der Waals surface area contributed by atoms with Gasteiger partial charge in [-0.2, -0.15) is 0 Å². The molecule has 2 aromatic carbocycles. The number of hydrogen-bond donors (Lipinski definition) is 1. The molecule has 0 aliphatic heterocycles. The highest BCUT2D eigenvalue weighted by Crippen LogP contribution is 2.18. The van der Waals surface area contributed by atoms with Gasteiger partial charge in [-0.1, -0.05) is 48.0 Å². The summed E-state index contributed by atoms with van der Waals surface area (Å²) in [6.45, 7) is 2.62. The molecule has 1 N–H and O–H groups in total. The van der Waals surface area contributed by atoms with E-state index in [1.807, 2.05) is 61.5 Å². The van der Waals surface area contributed by atoms with Crippen molar-refractivity contribution in [3.63, 3.8) is 0 Å². The molecular formula is C19H19N3O2S. The Kier molecular flexibility index (Phi) is 5.40. The summed E-state index contributed by atoms with van der Waals surface area (Å²) in [6, 6.07) is 17.8. The van der Waals surface area contributed by atoms with Crippen LogP contribution in [-0.4, -0.2) is 22.2 Å². The van der Waals surface area contributed by atoms with E-state index in [-0.39, 0.29) is 17.3 Å². The van der Waals surface area contributed by atoms with E-state index in [0.717, 1.165) is 17.5 Å². The lowest BCUT2D eigenvalue weighted by Crippen LogP contribution is -2.29. The van der Waals surface area contributed by atoms with E-state index in [1.54, 1.807) is 0 Å². The smallest absolute Gasteiger partial charge is 0.287 e. The van der Waals surface area contributed by atoms with Crippen molar-refractivity contribution in [3.8, 4) is 11.5 Å². The maximum absolute atomic E-state index is 12.1. The van der Waals surface area contributed by atoms with Crippen LogP contribution in [0.3, 0.4) is 0 Å². The molecule has 0 saturated heterocycles. The summed E-state index contributed by atoms with van der Waals surface area (Å²) in [5.41, 5.74) is 3.17. The third-order valence-electron chi connectivity index (χ3n) is 3.78. The van der Waals surface area contributed by atoms with Gasteiger partial charge in [-0.3, -0.25) is 4.79 Å². The highest BCUT2D eigenvalue weighted by atomic mass is 32.1. The van der Waals surface area contributed by atoms with E-state index in [2.05, 4.69) is 10.4 Å². The van der Waals surface area contributed by atoms with Crippen molar-refractivity contribution in [1.82, 2.24) is 15.1 Å². The van der Waals surface area contributed by atoms with Crippen LogP contribution in [0.2, 0.25) is 0 Å². The zero-order valence-corrected chi connectivity index (χ0v) is 14.8. The van der Waals surface area contributed by atoms with E-state index in [1.165, 1.54) is 10.2 Å². The highest BCUT2D eigenvalue weighted by molar-refractivity contribution is 7.71. The summed E-state index contributed by atoms with van der Waals surface area (Å²) in [5.74, 6) is 0.276. The lowest BCUT2D eigenvalue weighted by atomic mass is 10.1. The van der Waals surface area contributed by atoms with Crippen molar-refractivity contribution < 1.29 is 9.21 Å². The second kappa shape index (κ2) is 7.90. The molecule has 0 aliphatic carbocycles. The quantitative estimate of drug-likeness (QED) is 0.689. The Bertz CT molecular complexity index is 898. The Labute approximate surface area is 151 Å². The van der Waals surface area contributed by atoms with Crippen molar-refractivity contribution in [1.29, 1.82) is 0 Å². The van der Waals surface area contributed by atoms with Crippen LogP contribution in [0.5, 0.6) is 0 Å². The Morgan fingerprint density at radius 1 is 1.16 bits per heavy atom. The monoisotopic (exact) mass is 353 g/mol. The number of rotatable bonds is 6. The Hall–Kier alpha value is -2.73. The van der Waals surface area contributed by atoms with Crippen LogP contribution in [0, 0.1) is 11.8 Å². The van der Waals surface area contributed by atoms with Crippen molar-refractivity contribution in [2.24, 2.45) is 0 Å². The SMILES string of the molecule is Cc1ccc(-c2nn(CC(=O)NCCc3ccccc3)c(=S)o2)cc1. The molecule has 0 radical (unpaired) electrons. The molecule has 6 heteroatoms. The maximum atomic E-state index is 12.1. The minimum atomic E-state index is -0.143. The predicted octanol–water partition coefficient (Wildman–Crippen LogP) is 3.54. The van der Waals surface area contributed by atoms with E-state index in [9.17, 15) is 4.79 Å². The zero-order valence-electron chi connectivity index (χ0n) is 13.9. The fourth-order valence-corrected chi connectivity index (χ4v) is 2.59. The zero-order chi connectivity index (χ0) is 17.6. The minimum Gasteiger partial charge on any atom is -0.409 e. The lowest BCUT2D eigenvalue weighted by Gasteiger charge is -2.04. The number of carbonyl (C=O) groups excluding carboxylic acids is 1. The molecule has 3 aromatic rings. The van der Waals surface area contributed by atoms with Crippen LogP contribution in [0.1, 0.15) is 11.1 Å². The van der Waals surface area contributed by atoms with Crippen LogP contribution in [-0.2, 0) is 17.8 Å². The molecule has 5 nitrogen and oxygen atoms in total. The topological polar surface area (TPSA) is 60.1 Å². The molecule has 0 fully saturated rings. The van der Waals surface area contributed by atoms with Gasteiger partial charge in [-0.05, 0) is 43.3 Å². The number of nitrogens with zero attached hydrogens (tertiary/aromatic N) is 2. The van der Waals surface area contributed by atoms with E-state index >= 15 is 0 Å². The standard InChI is InChI=1S/C19H19N3O2S/c1-14-7-9-16(10-8-14)18-21-22(19(25)24-18)13-17(23)20-12-11-15-5-3-2-4-6-15/h2-10H,11-13H2,1H3,(H,20,23). The van der Waals surface area contributed by atoms with Gasteiger partial charge in [0.25, 0.3) is 4.84 Å². The molecule has 0 atom stereocenters. The number of amides is 1. The van der Waals surface area contributed by atoms with E-state index in [0.29, 0.717) is 12.4 Å².